The van der Waals surface area contributed by atoms with Crippen LogP contribution in [0.25, 0.3) is 0 Å². The van der Waals surface area contributed by atoms with E-state index in [2.05, 4.69) is 20.0 Å². The van der Waals surface area contributed by atoms with Crippen molar-refractivity contribution in [2.75, 3.05) is 6.61 Å². The Hall–Kier alpha value is -0.353. The molecule has 0 aliphatic rings. The predicted molar refractivity (Wildman–Crippen MR) is 93.1 cm³/mol. The van der Waals surface area contributed by atoms with E-state index in [0.717, 1.165) is 23.6 Å². The fraction of sp³-hybridized carbons (Fsp3) is 0.647. The van der Waals surface area contributed by atoms with Gasteiger partial charge in [-0.2, -0.15) is 0 Å². The maximum absolute atomic E-state index is 5.97. The minimum absolute atomic E-state index is 0.604. The van der Waals surface area contributed by atoms with Gasteiger partial charge in [0.1, 0.15) is 0 Å². The van der Waals surface area contributed by atoms with Crippen LogP contribution in [-0.4, -0.2) is 15.2 Å². The first kappa shape index (κ1) is 18.7. The van der Waals surface area contributed by atoms with Gasteiger partial charge < -0.3 is 8.85 Å². The molecule has 0 saturated carbocycles. The molecule has 4 heteroatoms. The molecule has 0 aliphatic carbocycles. The summed E-state index contributed by atoms with van der Waals surface area (Å²) < 4.78 is 11.9. The Labute approximate surface area is 136 Å². The van der Waals surface area contributed by atoms with Crippen LogP contribution in [0.15, 0.2) is 24.3 Å². The van der Waals surface area contributed by atoms with Gasteiger partial charge in [0.05, 0.1) is 6.61 Å². The zero-order valence-corrected chi connectivity index (χ0v) is 15.4. The van der Waals surface area contributed by atoms with Gasteiger partial charge in [-0.25, -0.2) is 0 Å². The van der Waals surface area contributed by atoms with Crippen molar-refractivity contribution >= 4 is 20.2 Å². The molecule has 0 aromatic heterocycles. The summed E-state index contributed by atoms with van der Waals surface area (Å²) in [7, 11) is -2.01. The Bertz CT molecular complexity index is 379. The zero-order chi connectivity index (χ0) is 15.6. The first-order chi connectivity index (χ1) is 10.0. The number of benzene rings is 1. The molecule has 0 heterocycles. The molecule has 0 unspecified atom stereocenters. The van der Waals surface area contributed by atoms with Crippen LogP contribution in [0.5, 0.6) is 0 Å². The highest BCUT2D eigenvalue weighted by Gasteiger charge is 2.24. The van der Waals surface area contributed by atoms with Gasteiger partial charge in [-0.3, -0.25) is 0 Å². The van der Waals surface area contributed by atoms with E-state index in [1.54, 1.807) is 0 Å². The largest absolute Gasteiger partial charge is 0.395 e. The van der Waals surface area contributed by atoms with Crippen LogP contribution < -0.4 is 0 Å². The van der Waals surface area contributed by atoms with Gasteiger partial charge in [-0.05, 0) is 37.2 Å². The van der Waals surface area contributed by atoms with Crippen LogP contribution >= 0.6 is 11.6 Å². The number of hydrogen-bond donors (Lipinski definition) is 0. The maximum Gasteiger partial charge on any atom is 0.332 e. The standard InChI is InChI=1S/C17H29ClO2Si/c1-4-5-6-7-8-9-14-19-21(2,3)20-15-16-10-12-17(18)13-11-16/h10-13H,4-9,14-15H2,1-3H3. The second kappa shape index (κ2) is 10.4. The first-order valence-corrected chi connectivity index (χ1v) is 11.3. The van der Waals surface area contributed by atoms with Crippen molar-refractivity contribution < 1.29 is 8.85 Å². The Morgan fingerprint density at radius 3 is 2.19 bits per heavy atom. The van der Waals surface area contributed by atoms with Crippen molar-refractivity contribution in [1.82, 2.24) is 0 Å². The average Bonchev–Trinajstić information content (AvgIpc) is 2.46. The Morgan fingerprint density at radius 1 is 0.905 bits per heavy atom. The van der Waals surface area contributed by atoms with Crippen molar-refractivity contribution in [3.8, 4) is 0 Å². The fourth-order valence-corrected chi connectivity index (χ4v) is 3.44. The monoisotopic (exact) mass is 328 g/mol. The highest BCUT2D eigenvalue weighted by molar-refractivity contribution is 6.64. The van der Waals surface area contributed by atoms with E-state index >= 15 is 0 Å². The lowest BCUT2D eigenvalue weighted by molar-refractivity contribution is 0.168. The van der Waals surface area contributed by atoms with E-state index in [1.165, 1.54) is 32.1 Å². The molecule has 0 atom stereocenters. The normalized spacial score (nSPS) is 11.8. The van der Waals surface area contributed by atoms with Crippen LogP contribution in [0.2, 0.25) is 18.1 Å². The molecule has 120 valence electrons. The molecule has 0 N–H and O–H groups in total. The van der Waals surface area contributed by atoms with E-state index in [9.17, 15) is 0 Å². The summed E-state index contributed by atoms with van der Waals surface area (Å²) in [6.45, 7) is 7.90. The van der Waals surface area contributed by atoms with Crippen LogP contribution in [0.4, 0.5) is 0 Å². The number of rotatable bonds is 11. The summed E-state index contributed by atoms with van der Waals surface area (Å²) in [5, 5.41) is 0.759. The second-order valence-corrected chi connectivity index (χ2v) is 9.74. The van der Waals surface area contributed by atoms with Crippen LogP contribution in [0, 0.1) is 0 Å². The van der Waals surface area contributed by atoms with Crippen molar-refractivity contribution in [1.29, 1.82) is 0 Å². The molecule has 0 amide bonds. The molecule has 1 aromatic rings. The topological polar surface area (TPSA) is 18.5 Å². The molecule has 0 radical (unpaired) electrons. The minimum Gasteiger partial charge on any atom is -0.395 e. The number of unbranched alkanes of at least 4 members (excludes halogenated alkanes) is 5. The third-order valence-corrected chi connectivity index (χ3v) is 5.44. The molecule has 0 bridgehead atoms. The lowest BCUT2D eigenvalue weighted by Crippen LogP contribution is -2.35. The van der Waals surface area contributed by atoms with Gasteiger partial charge >= 0.3 is 8.56 Å². The Balaban J connectivity index is 2.13. The van der Waals surface area contributed by atoms with Gasteiger partial charge in [-0.15, -0.1) is 0 Å². The Kier molecular flexibility index (Phi) is 9.25. The van der Waals surface area contributed by atoms with E-state index in [4.69, 9.17) is 20.5 Å². The molecule has 0 aliphatic heterocycles. The summed E-state index contributed by atoms with van der Waals surface area (Å²) in [5.41, 5.74) is 1.14. The molecule has 1 rings (SSSR count). The Morgan fingerprint density at radius 2 is 1.52 bits per heavy atom. The summed E-state index contributed by atoms with van der Waals surface area (Å²) in [6, 6.07) is 7.79. The number of halogens is 1. The van der Waals surface area contributed by atoms with E-state index < -0.39 is 8.56 Å². The van der Waals surface area contributed by atoms with Crippen molar-refractivity contribution in [3.63, 3.8) is 0 Å². The second-order valence-electron chi connectivity index (χ2n) is 5.93. The number of hydrogen-bond acceptors (Lipinski definition) is 2. The van der Waals surface area contributed by atoms with Gasteiger partial charge in [0, 0.05) is 11.6 Å². The predicted octanol–water partition coefficient (Wildman–Crippen LogP) is 5.94. The van der Waals surface area contributed by atoms with E-state index in [-0.39, 0.29) is 0 Å². The quantitative estimate of drug-likeness (QED) is 0.370. The summed E-state index contributed by atoms with van der Waals surface area (Å²) in [6.07, 6.45) is 7.74. The molecule has 1 aromatic carbocycles. The SMILES string of the molecule is CCCCCCCCO[Si](C)(C)OCc1ccc(Cl)cc1. The van der Waals surface area contributed by atoms with Gasteiger partial charge in [0.15, 0.2) is 0 Å². The van der Waals surface area contributed by atoms with Crippen molar-refractivity contribution in [3.05, 3.63) is 34.9 Å². The lowest BCUT2D eigenvalue weighted by Gasteiger charge is -2.23. The summed E-state index contributed by atoms with van der Waals surface area (Å²) in [4.78, 5) is 0. The molecule has 0 saturated heterocycles. The zero-order valence-electron chi connectivity index (χ0n) is 13.7. The van der Waals surface area contributed by atoms with Gasteiger partial charge in [0.2, 0.25) is 0 Å². The van der Waals surface area contributed by atoms with E-state index in [1.807, 2.05) is 24.3 Å². The van der Waals surface area contributed by atoms with Crippen LogP contribution in [0.3, 0.4) is 0 Å². The summed E-state index contributed by atoms with van der Waals surface area (Å²) in [5.74, 6) is 0. The molecule has 0 fully saturated rings. The highest BCUT2D eigenvalue weighted by Crippen LogP contribution is 2.15. The van der Waals surface area contributed by atoms with Crippen LogP contribution in [-0.2, 0) is 15.5 Å². The lowest BCUT2D eigenvalue weighted by atomic mass is 10.1. The third-order valence-electron chi connectivity index (χ3n) is 3.45. The first-order valence-electron chi connectivity index (χ1n) is 8.06. The molecular weight excluding hydrogens is 300 g/mol. The maximum atomic E-state index is 5.97. The third kappa shape index (κ3) is 9.30. The van der Waals surface area contributed by atoms with Gasteiger partial charge in [-0.1, -0.05) is 62.8 Å². The smallest absolute Gasteiger partial charge is 0.332 e. The fourth-order valence-electron chi connectivity index (χ4n) is 2.08. The van der Waals surface area contributed by atoms with Crippen LogP contribution in [0.1, 0.15) is 51.0 Å². The molecule has 21 heavy (non-hydrogen) atoms. The molecule has 2 nitrogen and oxygen atoms in total. The average molecular weight is 329 g/mol. The van der Waals surface area contributed by atoms with Crippen molar-refractivity contribution in [2.24, 2.45) is 0 Å². The van der Waals surface area contributed by atoms with E-state index in [0.29, 0.717) is 6.61 Å². The summed E-state index contributed by atoms with van der Waals surface area (Å²) >= 11 is 5.87. The minimum atomic E-state index is -2.01. The highest BCUT2D eigenvalue weighted by atomic mass is 35.5. The van der Waals surface area contributed by atoms with Crippen molar-refractivity contribution in [2.45, 2.75) is 65.1 Å². The molecular formula is C17H29ClO2Si. The molecule has 0 spiro atoms. The van der Waals surface area contributed by atoms with Gasteiger partial charge in [0.25, 0.3) is 0 Å².